The second-order valence-electron chi connectivity index (χ2n) is 4.07. The molecule has 21 heavy (non-hydrogen) atoms. The van der Waals surface area contributed by atoms with E-state index in [1.165, 1.54) is 13.2 Å². The highest BCUT2D eigenvalue weighted by molar-refractivity contribution is 6.28. The zero-order valence-corrected chi connectivity index (χ0v) is 11.7. The summed E-state index contributed by atoms with van der Waals surface area (Å²) in [7, 11) is 1.34. The molecule has 0 spiro atoms. The maximum Gasteiger partial charge on any atom is 0.416 e. The Morgan fingerprint density at radius 1 is 1.19 bits per heavy atom. The van der Waals surface area contributed by atoms with Gasteiger partial charge in [0.05, 0.1) is 12.7 Å². The first-order valence-corrected chi connectivity index (χ1v) is 6.08. The molecule has 0 saturated heterocycles. The number of benzene rings is 1. The van der Waals surface area contributed by atoms with Gasteiger partial charge in [-0.3, -0.25) is 0 Å². The Kier molecular flexibility index (Phi) is 4.17. The number of hydrogen-bond donors (Lipinski definition) is 1. The summed E-state index contributed by atoms with van der Waals surface area (Å²) in [6.45, 7) is 1.66. The van der Waals surface area contributed by atoms with Gasteiger partial charge in [0.15, 0.2) is 0 Å². The predicted octanol–water partition coefficient (Wildman–Crippen LogP) is 3.60. The van der Waals surface area contributed by atoms with E-state index in [0.717, 1.165) is 12.1 Å². The quantitative estimate of drug-likeness (QED) is 0.937. The standard InChI is InChI=1S/C12H10ClF3N4O/c1-6-3-4-7(12(14,15)16)5-8(6)17-10-18-9(13)19-11(20-10)21-2/h3-5H,1-2H3,(H,17,18,19,20). The first-order chi connectivity index (χ1) is 9.79. The summed E-state index contributed by atoms with van der Waals surface area (Å²) >= 11 is 5.68. The molecule has 1 aromatic heterocycles. The van der Waals surface area contributed by atoms with Crippen molar-refractivity contribution in [3.8, 4) is 6.01 Å². The number of halogens is 4. The third kappa shape index (κ3) is 3.72. The molecule has 1 aromatic carbocycles. The second kappa shape index (κ2) is 5.72. The van der Waals surface area contributed by atoms with Crippen LogP contribution in [-0.4, -0.2) is 22.1 Å². The summed E-state index contributed by atoms with van der Waals surface area (Å²) in [6.07, 6.45) is -4.43. The van der Waals surface area contributed by atoms with Crippen LogP contribution in [0.15, 0.2) is 18.2 Å². The number of methoxy groups -OCH3 is 1. The van der Waals surface area contributed by atoms with E-state index in [9.17, 15) is 13.2 Å². The van der Waals surface area contributed by atoms with Gasteiger partial charge < -0.3 is 10.1 Å². The molecule has 0 aliphatic carbocycles. The molecule has 0 saturated carbocycles. The lowest BCUT2D eigenvalue weighted by atomic mass is 10.1. The van der Waals surface area contributed by atoms with Crippen LogP contribution in [0.25, 0.3) is 0 Å². The number of alkyl halides is 3. The maximum atomic E-state index is 12.7. The predicted molar refractivity (Wildman–Crippen MR) is 70.9 cm³/mol. The Balaban J connectivity index is 2.37. The number of hydrogen-bond acceptors (Lipinski definition) is 5. The molecule has 0 amide bonds. The SMILES string of the molecule is COc1nc(Cl)nc(Nc2cc(C(F)(F)F)ccc2C)n1. The lowest BCUT2D eigenvalue weighted by Gasteiger charge is -2.12. The van der Waals surface area contributed by atoms with Gasteiger partial charge in [-0.05, 0) is 36.2 Å². The van der Waals surface area contributed by atoms with Gasteiger partial charge in [0, 0.05) is 5.69 Å². The van der Waals surface area contributed by atoms with E-state index in [1.54, 1.807) is 6.92 Å². The van der Waals surface area contributed by atoms with Crippen molar-refractivity contribution in [2.24, 2.45) is 0 Å². The van der Waals surface area contributed by atoms with Crippen LogP contribution in [0.4, 0.5) is 24.8 Å². The molecule has 2 aromatic rings. The molecule has 0 unspecified atom stereocenters. The summed E-state index contributed by atoms with van der Waals surface area (Å²) in [6, 6.07) is 3.29. The molecule has 5 nitrogen and oxygen atoms in total. The highest BCUT2D eigenvalue weighted by Gasteiger charge is 2.30. The van der Waals surface area contributed by atoms with Crippen molar-refractivity contribution < 1.29 is 17.9 Å². The van der Waals surface area contributed by atoms with Crippen molar-refractivity contribution in [3.63, 3.8) is 0 Å². The van der Waals surface area contributed by atoms with Crippen LogP contribution in [0.1, 0.15) is 11.1 Å². The first kappa shape index (κ1) is 15.3. The highest BCUT2D eigenvalue weighted by Crippen LogP contribution is 2.32. The van der Waals surface area contributed by atoms with Crippen LogP contribution in [0, 0.1) is 6.92 Å². The van der Waals surface area contributed by atoms with Crippen molar-refractivity contribution in [1.82, 2.24) is 15.0 Å². The molecule has 9 heteroatoms. The van der Waals surface area contributed by atoms with Gasteiger partial charge in [-0.15, -0.1) is 0 Å². The molecular formula is C12H10ClF3N4O. The lowest BCUT2D eigenvalue weighted by Crippen LogP contribution is -2.07. The van der Waals surface area contributed by atoms with E-state index in [4.69, 9.17) is 16.3 Å². The van der Waals surface area contributed by atoms with Crippen LogP contribution in [0.2, 0.25) is 5.28 Å². The van der Waals surface area contributed by atoms with Gasteiger partial charge in [0.25, 0.3) is 0 Å². The Bertz CT molecular complexity index is 663. The van der Waals surface area contributed by atoms with Crippen molar-refractivity contribution in [1.29, 1.82) is 0 Å². The minimum Gasteiger partial charge on any atom is -0.467 e. The third-order valence-corrected chi connectivity index (χ3v) is 2.75. The number of rotatable bonds is 3. The number of anilines is 2. The maximum absolute atomic E-state index is 12.7. The Labute approximate surface area is 123 Å². The molecule has 1 N–H and O–H groups in total. The van der Waals surface area contributed by atoms with Crippen LogP contribution >= 0.6 is 11.6 Å². The Morgan fingerprint density at radius 2 is 1.90 bits per heavy atom. The second-order valence-corrected chi connectivity index (χ2v) is 4.41. The number of nitrogens with one attached hydrogen (secondary N) is 1. The van der Waals surface area contributed by atoms with Crippen LogP contribution in [0.3, 0.4) is 0 Å². The molecule has 0 fully saturated rings. The van der Waals surface area contributed by atoms with Gasteiger partial charge in [-0.25, -0.2) is 0 Å². The average Bonchev–Trinajstić information content (AvgIpc) is 2.39. The summed E-state index contributed by atoms with van der Waals surface area (Å²) in [5, 5.41) is 2.54. The van der Waals surface area contributed by atoms with Crippen LogP contribution < -0.4 is 10.1 Å². The van der Waals surface area contributed by atoms with Crippen molar-refractivity contribution >= 4 is 23.2 Å². The van der Waals surface area contributed by atoms with Crippen molar-refractivity contribution in [2.45, 2.75) is 13.1 Å². The molecular weight excluding hydrogens is 309 g/mol. The van der Waals surface area contributed by atoms with Gasteiger partial charge >= 0.3 is 12.2 Å². The van der Waals surface area contributed by atoms with Gasteiger partial charge in [0.2, 0.25) is 11.2 Å². The Morgan fingerprint density at radius 3 is 2.52 bits per heavy atom. The number of aryl methyl sites for hydroxylation is 1. The van der Waals surface area contributed by atoms with E-state index < -0.39 is 11.7 Å². The van der Waals surface area contributed by atoms with E-state index in [2.05, 4.69) is 20.3 Å². The molecule has 2 rings (SSSR count). The monoisotopic (exact) mass is 318 g/mol. The van der Waals surface area contributed by atoms with Gasteiger partial charge in [-0.1, -0.05) is 6.07 Å². The van der Waals surface area contributed by atoms with Crippen LogP contribution in [0.5, 0.6) is 6.01 Å². The van der Waals surface area contributed by atoms with Crippen molar-refractivity contribution in [3.05, 3.63) is 34.6 Å². The number of ether oxygens (including phenoxy) is 1. The fourth-order valence-corrected chi connectivity index (χ4v) is 1.68. The van der Waals surface area contributed by atoms with Gasteiger partial charge in [-0.2, -0.15) is 28.1 Å². The zero-order valence-electron chi connectivity index (χ0n) is 11.0. The number of nitrogens with zero attached hydrogens (tertiary/aromatic N) is 3. The van der Waals surface area contributed by atoms with Crippen LogP contribution in [-0.2, 0) is 6.18 Å². The summed E-state index contributed by atoms with van der Waals surface area (Å²) < 4.78 is 42.9. The van der Waals surface area contributed by atoms with Gasteiger partial charge in [0.1, 0.15) is 0 Å². The average molecular weight is 319 g/mol. The molecule has 0 radical (unpaired) electrons. The molecule has 0 atom stereocenters. The third-order valence-electron chi connectivity index (χ3n) is 2.58. The fraction of sp³-hybridized carbons (Fsp3) is 0.250. The highest BCUT2D eigenvalue weighted by atomic mass is 35.5. The minimum atomic E-state index is -4.43. The smallest absolute Gasteiger partial charge is 0.416 e. The number of aromatic nitrogens is 3. The largest absolute Gasteiger partial charge is 0.467 e. The topological polar surface area (TPSA) is 59.9 Å². The molecule has 1 heterocycles. The van der Waals surface area contributed by atoms with E-state index in [-0.39, 0.29) is 22.9 Å². The zero-order chi connectivity index (χ0) is 15.6. The minimum absolute atomic E-state index is 0.00530. The Hall–Kier alpha value is -2.09. The summed E-state index contributed by atoms with van der Waals surface area (Å²) in [5.41, 5.74) is 0.0374. The molecule has 0 bridgehead atoms. The first-order valence-electron chi connectivity index (χ1n) is 5.70. The summed E-state index contributed by atoms with van der Waals surface area (Å²) in [4.78, 5) is 11.3. The fourth-order valence-electron chi connectivity index (χ4n) is 1.53. The summed E-state index contributed by atoms with van der Waals surface area (Å²) in [5.74, 6) is -0.00530. The molecule has 0 aliphatic heterocycles. The van der Waals surface area contributed by atoms with E-state index >= 15 is 0 Å². The lowest BCUT2D eigenvalue weighted by molar-refractivity contribution is -0.137. The van der Waals surface area contributed by atoms with E-state index in [0.29, 0.717) is 5.56 Å². The normalized spacial score (nSPS) is 11.3. The molecule has 112 valence electrons. The van der Waals surface area contributed by atoms with Crippen molar-refractivity contribution in [2.75, 3.05) is 12.4 Å². The van der Waals surface area contributed by atoms with E-state index in [1.807, 2.05) is 0 Å². The molecule has 0 aliphatic rings.